The standard InChI is InChI=1S/C20H33NO2/c1-14(2)16-10-9-15(3)11-17(16)23-12-18(22)21-20(7,8)13-19(4,5)6/h9-11,14H,12-13H2,1-8H3,(H,21,22). The number of hydrogen-bond donors (Lipinski definition) is 1. The molecule has 0 saturated heterocycles. The fourth-order valence-corrected chi connectivity index (χ4v) is 3.17. The van der Waals surface area contributed by atoms with E-state index in [4.69, 9.17) is 4.74 Å². The molecule has 1 rings (SSSR count). The highest BCUT2D eigenvalue weighted by atomic mass is 16.5. The van der Waals surface area contributed by atoms with E-state index in [9.17, 15) is 4.79 Å². The van der Waals surface area contributed by atoms with E-state index >= 15 is 0 Å². The van der Waals surface area contributed by atoms with Crippen molar-refractivity contribution in [3.05, 3.63) is 29.3 Å². The van der Waals surface area contributed by atoms with Crippen LogP contribution in [0.25, 0.3) is 0 Å². The predicted molar refractivity (Wildman–Crippen MR) is 97.1 cm³/mol. The molecule has 23 heavy (non-hydrogen) atoms. The van der Waals surface area contributed by atoms with Gasteiger partial charge in [-0.1, -0.05) is 46.8 Å². The first-order valence-electron chi connectivity index (χ1n) is 8.44. The summed E-state index contributed by atoms with van der Waals surface area (Å²) in [6, 6.07) is 6.16. The molecule has 0 aromatic heterocycles. The Balaban J connectivity index is 2.68. The summed E-state index contributed by atoms with van der Waals surface area (Å²) in [6.07, 6.45) is 0.910. The van der Waals surface area contributed by atoms with Crippen molar-refractivity contribution in [2.45, 2.75) is 73.3 Å². The summed E-state index contributed by atoms with van der Waals surface area (Å²) >= 11 is 0. The molecule has 0 unspecified atom stereocenters. The van der Waals surface area contributed by atoms with Crippen molar-refractivity contribution in [2.24, 2.45) is 5.41 Å². The van der Waals surface area contributed by atoms with Crippen LogP contribution >= 0.6 is 0 Å². The zero-order chi connectivity index (χ0) is 17.8. The van der Waals surface area contributed by atoms with E-state index in [1.165, 1.54) is 0 Å². The van der Waals surface area contributed by atoms with Gasteiger partial charge in [0.15, 0.2) is 6.61 Å². The van der Waals surface area contributed by atoms with Gasteiger partial charge in [-0.15, -0.1) is 0 Å². The van der Waals surface area contributed by atoms with Crippen LogP contribution in [-0.4, -0.2) is 18.1 Å². The second-order valence-corrected chi connectivity index (χ2v) is 8.65. The first-order valence-corrected chi connectivity index (χ1v) is 8.44. The van der Waals surface area contributed by atoms with Crippen molar-refractivity contribution in [2.75, 3.05) is 6.61 Å². The fourth-order valence-electron chi connectivity index (χ4n) is 3.17. The van der Waals surface area contributed by atoms with Gasteiger partial charge in [-0.05, 0) is 55.7 Å². The molecule has 1 N–H and O–H groups in total. The van der Waals surface area contributed by atoms with Crippen LogP contribution in [0.2, 0.25) is 0 Å². The van der Waals surface area contributed by atoms with E-state index in [1.807, 2.05) is 13.0 Å². The highest BCUT2D eigenvalue weighted by Crippen LogP contribution is 2.28. The first-order chi connectivity index (χ1) is 10.4. The fraction of sp³-hybridized carbons (Fsp3) is 0.650. The topological polar surface area (TPSA) is 38.3 Å². The molecule has 0 aliphatic rings. The summed E-state index contributed by atoms with van der Waals surface area (Å²) in [7, 11) is 0. The number of nitrogens with one attached hydrogen (secondary N) is 1. The molecule has 0 spiro atoms. The summed E-state index contributed by atoms with van der Waals surface area (Å²) in [6.45, 7) is 17.0. The van der Waals surface area contributed by atoms with Gasteiger partial charge in [-0.3, -0.25) is 4.79 Å². The second-order valence-electron chi connectivity index (χ2n) is 8.65. The van der Waals surface area contributed by atoms with E-state index < -0.39 is 0 Å². The molecule has 0 saturated carbocycles. The molecule has 3 nitrogen and oxygen atoms in total. The minimum absolute atomic E-state index is 0.0523. The molecular weight excluding hydrogens is 286 g/mol. The Labute approximate surface area is 141 Å². The zero-order valence-corrected chi connectivity index (χ0v) is 16.0. The number of ether oxygens (including phenoxy) is 1. The molecule has 0 fully saturated rings. The Morgan fingerprint density at radius 1 is 1.17 bits per heavy atom. The van der Waals surface area contributed by atoms with Crippen LogP contribution in [0.15, 0.2) is 18.2 Å². The summed E-state index contributed by atoms with van der Waals surface area (Å²) in [4.78, 5) is 12.2. The van der Waals surface area contributed by atoms with Crippen molar-refractivity contribution in [1.82, 2.24) is 5.32 Å². The van der Waals surface area contributed by atoms with Gasteiger partial charge in [-0.2, -0.15) is 0 Å². The number of benzene rings is 1. The minimum Gasteiger partial charge on any atom is -0.483 e. The van der Waals surface area contributed by atoms with Crippen LogP contribution in [0.3, 0.4) is 0 Å². The number of rotatable bonds is 6. The van der Waals surface area contributed by atoms with Gasteiger partial charge in [-0.25, -0.2) is 0 Å². The molecular formula is C20H33NO2. The maximum Gasteiger partial charge on any atom is 0.258 e. The Kier molecular flexibility index (Phi) is 6.26. The molecule has 0 radical (unpaired) electrons. The third kappa shape index (κ3) is 7.06. The third-order valence-corrected chi connectivity index (χ3v) is 3.60. The average Bonchev–Trinajstić information content (AvgIpc) is 2.32. The predicted octanol–water partition coefficient (Wildman–Crippen LogP) is 4.83. The third-order valence-electron chi connectivity index (χ3n) is 3.60. The smallest absolute Gasteiger partial charge is 0.258 e. The molecule has 0 atom stereocenters. The Bertz CT molecular complexity index is 539. The van der Waals surface area contributed by atoms with Gasteiger partial charge in [0.1, 0.15) is 5.75 Å². The van der Waals surface area contributed by atoms with Gasteiger partial charge >= 0.3 is 0 Å². The summed E-state index contributed by atoms with van der Waals surface area (Å²) in [5.41, 5.74) is 2.20. The molecule has 0 aliphatic carbocycles. The summed E-state index contributed by atoms with van der Waals surface area (Å²) in [5, 5.41) is 3.08. The molecule has 1 amide bonds. The van der Waals surface area contributed by atoms with Crippen LogP contribution in [0, 0.1) is 12.3 Å². The van der Waals surface area contributed by atoms with Gasteiger partial charge < -0.3 is 10.1 Å². The lowest BCUT2D eigenvalue weighted by Gasteiger charge is -2.33. The lowest BCUT2D eigenvalue weighted by atomic mass is 9.82. The highest BCUT2D eigenvalue weighted by molar-refractivity contribution is 5.78. The minimum atomic E-state index is -0.244. The van der Waals surface area contributed by atoms with Crippen molar-refractivity contribution < 1.29 is 9.53 Å². The van der Waals surface area contributed by atoms with E-state index in [0.29, 0.717) is 5.92 Å². The number of carbonyl (C=O) groups excluding carboxylic acids is 1. The van der Waals surface area contributed by atoms with Gasteiger partial charge in [0, 0.05) is 5.54 Å². The molecule has 1 aromatic rings. The Morgan fingerprint density at radius 3 is 2.30 bits per heavy atom. The molecule has 1 aromatic carbocycles. The van der Waals surface area contributed by atoms with Gasteiger partial charge in [0.2, 0.25) is 0 Å². The lowest BCUT2D eigenvalue weighted by Crippen LogP contribution is -2.47. The number of hydrogen-bond acceptors (Lipinski definition) is 2. The monoisotopic (exact) mass is 319 g/mol. The van der Waals surface area contributed by atoms with Crippen molar-refractivity contribution in [3.8, 4) is 5.75 Å². The number of amides is 1. The Morgan fingerprint density at radius 2 is 1.78 bits per heavy atom. The van der Waals surface area contributed by atoms with Crippen LogP contribution in [0.4, 0.5) is 0 Å². The lowest BCUT2D eigenvalue weighted by molar-refractivity contribution is -0.125. The van der Waals surface area contributed by atoms with Crippen molar-refractivity contribution in [3.63, 3.8) is 0 Å². The summed E-state index contributed by atoms with van der Waals surface area (Å²) in [5.74, 6) is 1.10. The van der Waals surface area contributed by atoms with Gasteiger partial charge in [0.05, 0.1) is 0 Å². The number of carbonyl (C=O) groups is 1. The maximum atomic E-state index is 12.2. The zero-order valence-electron chi connectivity index (χ0n) is 16.0. The molecule has 3 heteroatoms. The van der Waals surface area contributed by atoms with E-state index in [-0.39, 0.29) is 23.5 Å². The van der Waals surface area contributed by atoms with Crippen LogP contribution in [-0.2, 0) is 4.79 Å². The van der Waals surface area contributed by atoms with Crippen LogP contribution in [0.5, 0.6) is 5.75 Å². The van der Waals surface area contributed by atoms with E-state index in [2.05, 4.69) is 65.9 Å². The van der Waals surface area contributed by atoms with Crippen molar-refractivity contribution in [1.29, 1.82) is 0 Å². The van der Waals surface area contributed by atoms with Gasteiger partial charge in [0.25, 0.3) is 5.91 Å². The largest absolute Gasteiger partial charge is 0.483 e. The van der Waals surface area contributed by atoms with E-state index in [1.54, 1.807) is 0 Å². The Hall–Kier alpha value is -1.51. The quantitative estimate of drug-likeness (QED) is 0.815. The normalized spacial score (nSPS) is 12.4. The maximum absolute atomic E-state index is 12.2. The molecule has 130 valence electrons. The SMILES string of the molecule is Cc1ccc(C(C)C)c(OCC(=O)NC(C)(C)CC(C)(C)C)c1. The molecule has 0 bridgehead atoms. The second kappa shape index (κ2) is 7.37. The van der Waals surface area contributed by atoms with Crippen LogP contribution in [0.1, 0.15) is 71.9 Å². The van der Waals surface area contributed by atoms with E-state index in [0.717, 1.165) is 23.3 Å². The average molecular weight is 319 g/mol. The summed E-state index contributed by atoms with van der Waals surface area (Å²) < 4.78 is 5.81. The number of aryl methyl sites for hydroxylation is 1. The van der Waals surface area contributed by atoms with Crippen LogP contribution < -0.4 is 10.1 Å². The molecule has 0 aliphatic heterocycles. The van der Waals surface area contributed by atoms with Crippen molar-refractivity contribution >= 4 is 5.91 Å². The first kappa shape index (κ1) is 19.5. The highest BCUT2D eigenvalue weighted by Gasteiger charge is 2.27. The molecule has 0 heterocycles.